The highest BCUT2D eigenvalue weighted by Crippen LogP contribution is 2.33. The lowest BCUT2D eigenvalue weighted by Gasteiger charge is -2.27. The minimum Gasteiger partial charge on any atom is -0.496 e. The lowest BCUT2D eigenvalue weighted by molar-refractivity contribution is 0.116. The Hall–Kier alpha value is -1.02. The lowest BCUT2D eigenvalue weighted by atomic mass is 9.81. The summed E-state index contributed by atoms with van der Waals surface area (Å²) in [5, 5.41) is 9.63. The van der Waals surface area contributed by atoms with Gasteiger partial charge in [-0.3, -0.25) is 0 Å². The highest BCUT2D eigenvalue weighted by molar-refractivity contribution is 5.42. The van der Waals surface area contributed by atoms with E-state index in [0.717, 1.165) is 25.0 Å². The van der Waals surface area contributed by atoms with Gasteiger partial charge < -0.3 is 9.84 Å². The van der Waals surface area contributed by atoms with Crippen molar-refractivity contribution in [3.8, 4) is 5.75 Å². The fourth-order valence-electron chi connectivity index (χ4n) is 2.39. The van der Waals surface area contributed by atoms with Crippen LogP contribution in [0.5, 0.6) is 5.75 Å². The number of fused-ring (bicyclic) bond motifs is 1. The first kappa shape index (κ1) is 10.5. The van der Waals surface area contributed by atoms with Crippen LogP contribution >= 0.6 is 0 Å². The SMILES string of the molecule is COc1cccc2c1C[C@H](C(C)O)CC2. The lowest BCUT2D eigenvalue weighted by Crippen LogP contribution is -2.24. The van der Waals surface area contributed by atoms with Gasteiger partial charge >= 0.3 is 0 Å². The van der Waals surface area contributed by atoms with E-state index in [2.05, 4.69) is 6.07 Å². The van der Waals surface area contributed by atoms with Crippen molar-refractivity contribution in [2.75, 3.05) is 7.11 Å². The normalized spacial score (nSPS) is 21.9. The number of aliphatic hydroxyl groups is 1. The zero-order valence-corrected chi connectivity index (χ0v) is 9.36. The van der Waals surface area contributed by atoms with Gasteiger partial charge in [0.2, 0.25) is 0 Å². The summed E-state index contributed by atoms with van der Waals surface area (Å²) in [7, 11) is 1.71. The molecule has 0 saturated heterocycles. The number of hydrogen-bond donors (Lipinski definition) is 1. The van der Waals surface area contributed by atoms with E-state index in [0.29, 0.717) is 5.92 Å². The molecule has 1 aromatic rings. The van der Waals surface area contributed by atoms with Crippen LogP contribution in [-0.2, 0) is 12.8 Å². The van der Waals surface area contributed by atoms with Crippen molar-refractivity contribution in [1.82, 2.24) is 0 Å². The first-order valence-electron chi connectivity index (χ1n) is 5.55. The van der Waals surface area contributed by atoms with Gasteiger partial charge in [-0.05, 0) is 49.3 Å². The van der Waals surface area contributed by atoms with E-state index in [1.807, 2.05) is 19.1 Å². The van der Waals surface area contributed by atoms with Gasteiger partial charge in [-0.15, -0.1) is 0 Å². The van der Waals surface area contributed by atoms with Crippen LogP contribution < -0.4 is 4.74 Å². The maximum atomic E-state index is 9.63. The summed E-state index contributed by atoms with van der Waals surface area (Å²) in [5.74, 6) is 1.35. The van der Waals surface area contributed by atoms with Crippen molar-refractivity contribution in [2.24, 2.45) is 5.92 Å². The van der Waals surface area contributed by atoms with Crippen molar-refractivity contribution in [2.45, 2.75) is 32.3 Å². The fraction of sp³-hybridized carbons (Fsp3) is 0.538. The van der Waals surface area contributed by atoms with Crippen molar-refractivity contribution in [3.05, 3.63) is 29.3 Å². The predicted molar refractivity (Wildman–Crippen MR) is 60.2 cm³/mol. The number of methoxy groups -OCH3 is 1. The van der Waals surface area contributed by atoms with Crippen LogP contribution in [0.1, 0.15) is 24.5 Å². The Kier molecular flexibility index (Phi) is 2.96. The second kappa shape index (κ2) is 4.23. The first-order valence-corrected chi connectivity index (χ1v) is 5.55. The van der Waals surface area contributed by atoms with Gasteiger partial charge in [-0.2, -0.15) is 0 Å². The fourth-order valence-corrected chi connectivity index (χ4v) is 2.39. The summed E-state index contributed by atoms with van der Waals surface area (Å²) >= 11 is 0. The molecule has 0 radical (unpaired) electrons. The second-order valence-corrected chi connectivity index (χ2v) is 4.34. The Morgan fingerprint density at radius 3 is 2.93 bits per heavy atom. The Balaban J connectivity index is 2.30. The summed E-state index contributed by atoms with van der Waals surface area (Å²) < 4.78 is 5.36. The van der Waals surface area contributed by atoms with Crippen LogP contribution in [0.25, 0.3) is 0 Å². The third-order valence-corrected chi connectivity index (χ3v) is 3.38. The van der Waals surface area contributed by atoms with E-state index in [4.69, 9.17) is 4.74 Å². The minimum absolute atomic E-state index is 0.219. The van der Waals surface area contributed by atoms with Crippen molar-refractivity contribution in [1.29, 1.82) is 0 Å². The monoisotopic (exact) mass is 206 g/mol. The number of ether oxygens (including phenoxy) is 1. The smallest absolute Gasteiger partial charge is 0.122 e. The predicted octanol–water partition coefficient (Wildman–Crippen LogP) is 2.18. The maximum absolute atomic E-state index is 9.63. The van der Waals surface area contributed by atoms with E-state index in [9.17, 15) is 5.11 Å². The van der Waals surface area contributed by atoms with Gasteiger partial charge in [0.05, 0.1) is 13.2 Å². The molecule has 2 heteroatoms. The highest BCUT2D eigenvalue weighted by atomic mass is 16.5. The number of benzene rings is 1. The molecule has 0 spiro atoms. The molecule has 2 nitrogen and oxygen atoms in total. The highest BCUT2D eigenvalue weighted by Gasteiger charge is 2.24. The molecule has 1 aliphatic rings. The average molecular weight is 206 g/mol. The molecule has 0 fully saturated rings. The molecule has 0 amide bonds. The van der Waals surface area contributed by atoms with Gasteiger partial charge in [0, 0.05) is 0 Å². The summed E-state index contributed by atoms with van der Waals surface area (Å²) in [4.78, 5) is 0. The minimum atomic E-state index is -0.219. The zero-order chi connectivity index (χ0) is 10.8. The van der Waals surface area contributed by atoms with E-state index in [1.165, 1.54) is 11.1 Å². The second-order valence-electron chi connectivity index (χ2n) is 4.34. The van der Waals surface area contributed by atoms with Crippen LogP contribution in [0.3, 0.4) is 0 Å². The molecule has 2 atom stereocenters. The van der Waals surface area contributed by atoms with Gasteiger partial charge in [0.1, 0.15) is 5.75 Å². The molecule has 0 heterocycles. The van der Waals surface area contributed by atoms with Gasteiger partial charge in [-0.25, -0.2) is 0 Å². The van der Waals surface area contributed by atoms with E-state index < -0.39 is 0 Å². The van der Waals surface area contributed by atoms with E-state index >= 15 is 0 Å². The van der Waals surface area contributed by atoms with E-state index in [-0.39, 0.29) is 6.10 Å². The summed E-state index contributed by atoms with van der Waals surface area (Å²) in [5.41, 5.74) is 2.67. The molecule has 82 valence electrons. The van der Waals surface area contributed by atoms with Gasteiger partial charge in [0.15, 0.2) is 0 Å². The van der Waals surface area contributed by atoms with Crippen LogP contribution in [0.2, 0.25) is 0 Å². The molecule has 1 aliphatic carbocycles. The van der Waals surface area contributed by atoms with Crippen molar-refractivity contribution >= 4 is 0 Å². The first-order chi connectivity index (χ1) is 7.22. The number of aliphatic hydroxyl groups excluding tert-OH is 1. The van der Waals surface area contributed by atoms with Crippen LogP contribution in [-0.4, -0.2) is 18.3 Å². The molecule has 1 N–H and O–H groups in total. The average Bonchev–Trinajstić information content (AvgIpc) is 2.27. The van der Waals surface area contributed by atoms with Gasteiger partial charge in [0.25, 0.3) is 0 Å². The molecule has 0 saturated carbocycles. The maximum Gasteiger partial charge on any atom is 0.122 e. The molecule has 1 aromatic carbocycles. The number of rotatable bonds is 2. The van der Waals surface area contributed by atoms with Crippen molar-refractivity contribution in [3.63, 3.8) is 0 Å². The Morgan fingerprint density at radius 2 is 2.27 bits per heavy atom. The Bertz CT molecular complexity index is 330. The summed E-state index contributed by atoms with van der Waals surface area (Å²) in [6.07, 6.45) is 2.86. The third kappa shape index (κ3) is 2.00. The zero-order valence-electron chi connectivity index (χ0n) is 9.36. The largest absolute Gasteiger partial charge is 0.496 e. The topological polar surface area (TPSA) is 29.5 Å². The molecule has 2 rings (SSSR count). The quantitative estimate of drug-likeness (QED) is 0.803. The molecule has 1 unspecified atom stereocenters. The molecule has 0 aliphatic heterocycles. The van der Waals surface area contributed by atoms with Crippen LogP contribution in [0, 0.1) is 5.92 Å². The van der Waals surface area contributed by atoms with Crippen LogP contribution in [0.4, 0.5) is 0 Å². The Labute approximate surface area is 90.9 Å². The molecule has 0 aromatic heterocycles. The van der Waals surface area contributed by atoms with Gasteiger partial charge in [-0.1, -0.05) is 12.1 Å². The molecular weight excluding hydrogens is 188 g/mol. The summed E-state index contributed by atoms with van der Waals surface area (Å²) in [6.45, 7) is 1.88. The number of aryl methyl sites for hydroxylation is 1. The molecular formula is C13H18O2. The number of hydrogen-bond acceptors (Lipinski definition) is 2. The van der Waals surface area contributed by atoms with E-state index in [1.54, 1.807) is 7.11 Å². The Morgan fingerprint density at radius 1 is 1.47 bits per heavy atom. The third-order valence-electron chi connectivity index (χ3n) is 3.38. The molecule has 15 heavy (non-hydrogen) atoms. The van der Waals surface area contributed by atoms with Crippen LogP contribution in [0.15, 0.2) is 18.2 Å². The standard InChI is InChI=1S/C13H18O2/c1-9(14)11-7-6-10-4-3-5-13(15-2)12(10)8-11/h3-5,9,11,14H,6-8H2,1-2H3/t9?,11-/m1/s1. The van der Waals surface area contributed by atoms with Crippen molar-refractivity contribution < 1.29 is 9.84 Å². The summed E-state index contributed by atoms with van der Waals surface area (Å²) in [6, 6.07) is 6.21. The molecule has 0 bridgehead atoms.